The minimum absolute atomic E-state index is 0.0651. The molecule has 0 atom stereocenters. The Hall–Kier alpha value is -7.01. The van der Waals surface area contributed by atoms with Gasteiger partial charge in [-0.05, 0) is 47.5 Å². The Bertz CT molecular complexity index is 2240. The van der Waals surface area contributed by atoms with Gasteiger partial charge in [-0.2, -0.15) is 0 Å². The third-order valence-corrected chi connectivity index (χ3v) is 11.4. The molecule has 304 valence electrons. The molecular formula is C42H42N8O8S. The van der Waals surface area contributed by atoms with Crippen molar-refractivity contribution in [2.45, 2.75) is 23.6 Å². The quantitative estimate of drug-likeness (QED) is 0.0873. The molecule has 59 heavy (non-hydrogen) atoms. The number of para-hydroxylation sites is 2. The number of piperazine rings is 2. The lowest BCUT2D eigenvalue weighted by molar-refractivity contribution is -0.387. The summed E-state index contributed by atoms with van der Waals surface area (Å²) in [6, 6.07) is 19.3. The number of hydrogen-bond acceptors (Lipinski definition) is 11. The van der Waals surface area contributed by atoms with Crippen molar-refractivity contribution in [1.82, 2.24) is 19.6 Å². The van der Waals surface area contributed by atoms with Crippen molar-refractivity contribution in [1.29, 1.82) is 0 Å². The second kappa shape index (κ2) is 18.1. The van der Waals surface area contributed by atoms with E-state index in [0.29, 0.717) is 74.6 Å². The summed E-state index contributed by atoms with van der Waals surface area (Å²) in [6.45, 7) is 5.82. The van der Waals surface area contributed by atoms with Gasteiger partial charge in [0, 0.05) is 101 Å². The molecule has 2 saturated heterocycles. The molecule has 0 bridgehead atoms. The number of benzene rings is 4. The van der Waals surface area contributed by atoms with E-state index in [1.165, 1.54) is 50.3 Å². The van der Waals surface area contributed by atoms with Crippen molar-refractivity contribution in [2.75, 3.05) is 63.8 Å². The molecule has 0 spiro atoms. The zero-order valence-corrected chi connectivity index (χ0v) is 33.2. The maximum atomic E-state index is 13.3. The minimum atomic E-state index is -0.578. The summed E-state index contributed by atoms with van der Waals surface area (Å²) in [5.41, 5.74) is 14.0. The fourth-order valence-electron chi connectivity index (χ4n) is 7.13. The number of carbonyl (C=O) groups excluding carboxylic acids is 4. The van der Waals surface area contributed by atoms with E-state index in [0.717, 1.165) is 11.8 Å². The maximum absolute atomic E-state index is 13.3. The lowest BCUT2D eigenvalue weighted by atomic mass is 9.95. The van der Waals surface area contributed by atoms with E-state index in [4.69, 9.17) is 11.5 Å². The van der Waals surface area contributed by atoms with Gasteiger partial charge >= 0.3 is 0 Å². The molecular weight excluding hydrogens is 777 g/mol. The first-order valence-electron chi connectivity index (χ1n) is 18.7. The second-order valence-corrected chi connectivity index (χ2v) is 15.0. The van der Waals surface area contributed by atoms with E-state index in [1.807, 2.05) is 0 Å². The largest absolute Gasteiger partial charge is 0.398 e. The van der Waals surface area contributed by atoms with Crippen LogP contribution < -0.4 is 11.5 Å². The van der Waals surface area contributed by atoms with Crippen LogP contribution in [-0.4, -0.2) is 105 Å². The van der Waals surface area contributed by atoms with Crippen molar-refractivity contribution in [3.05, 3.63) is 116 Å². The molecule has 2 heterocycles. The standard InChI is InChI=1S/C42H42N8O8S/c1-27(51)45-19-23-47(24-20-45)37(53)17-13-29-11-15-35(41(49(55)56)39(29)31-7-3-5-9-33(31)43)59-36-16-12-30(14-18-38(54)48-25-21-46(22-26-48)28(2)52)40(42(36)50(57)58)32-8-4-6-10-34(32)44/h3-18H,19-26,43-44H2,1-2H3. The molecule has 0 aromatic heterocycles. The van der Waals surface area contributed by atoms with E-state index < -0.39 is 9.85 Å². The highest BCUT2D eigenvalue weighted by Crippen LogP contribution is 2.49. The Morgan fingerprint density at radius 2 is 0.898 bits per heavy atom. The third kappa shape index (κ3) is 9.26. The number of nitrogen functional groups attached to an aromatic ring is 2. The number of anilines is 2. The summed E-state index contributed by atoms with van der Waals surface area (Å²) < 4.78 is 0. The topological polar surface area (TPSA) is 220 Å². The van der Waals surface area contributed by atoms with Gasteiger partial charge in [0.15, 0.2) is 0 Å². The predicted molar refractivity (Wildman–Crippen MR) is 226 cm³/mol. The van der Waals surface area contributed by atoms with Crippen LogP contribution in [0, 0.1) is 20.2 Å². The average molecular weight is 819 g/mol. The normalized spacial score (nSPS) is 14.5. The van der Waals surface area contributed by atoms with Gasteiger partial charge in [-0.15, -0.1) is 0 Å². The highest BCUT2D eigenvalue weighted by atomic mass is 32.2. The van der Waals surface area contributed by atoms with Gasteiger partial charge in [-0.25, -0.2) is 0 Å². The minimum Gasteiger partial charge on any atom is -0.398 e. The number of nitrogens with two attached hydrogens (primary N) is 2. The first-order valence-corrected chi connectivity index (χ1v) is 19.5. The Labute approximate surface area is 344 Å². The van der Waals surface area contributed by atoms with Crippen LogP contribution in [0.1, 0.15) is 25.0 Å². The molecule has 6 rings (SSSR count). The van der Waals surface area contributed by atoms with Crippen molar-refractivity contribution >= 4 is 70.3 Å². The van der Waals surface area contributed by atoms with Crippen LogP contribution in [0.4, 0.5) is 22.7 Å². The monoisotopic (exact) mass is 818 g/mol. The summed E-state index contributed by atoms with van der Waals surface area (Å²) in [7, 11) is 0. The number of hydrogen-bond donors (Lipinski definition) is 2. The van der Waals surface area contributed by atoms with Crippen molar-refractivity contribution in [3.63, 3.8) is 0 Å². The Balaban J connectivity index is 1.42. The molecule has 2 fully saturated rings. The Morgan fingerprint density at radius 3 is 1.22 bits per heavy atom. The fraction of sp³-hybridized carbons (Fsp3) is 0.238. The van der Waals surface area contributed by atoms with Crippen molar-refractivity contribution in [2.24, 2.45) is 0 Å². The summed E-state index contributed by atoms with van der Waals surface area (Å²) in [5, 5.41) is 26.2. The van der Waals surface area contributed by atoms with Crippen molar-refractivity contribution < 1.29 is 29.0 Å². The van der Waals surface area contributed by atoms with Gasteiger partial charge in [-0.3, -0.25) is 39.4 Å². The first kappa shape index (κ1) is 41.6. The summed E-state index contributed by atoms with van der Waals surface area (Å²) >= 11 is 0.816. The highest BCUT2D eigenvalue weighted by molar-refractivity contribution is 7.99. The van der Waals surface area contributed by atoms with E-state index in [2.05, 4.69) is 0 Å². The molecule has 2 aliphatic heterocycles. The van der Waals surface area contributed by atoms with E-state index in [9.17, 15) is 39.4 Å². The van der Waals surface area contributed by atoms with Gasteiger partial charge in [0.05, 0.1) is 30.8 Å². The number of nitrogens with zero attached hydrogens (tertiary/aromatic N) is 6. The summed E-state index contributed by atoms with van der Waals surface area (Å²) in [5.74, 6) is -0.829. The molecule has 0 aliphatic carbocycles. The summed E-state index contributed by atoms with van der Waals surface area (Å²) in [4.78, 5) is 81.7. The number of nitro benzene ring substituents is 2. The van der Waals surface area contributed by atoms with E-state index >= 15 is 0 Å². The van der Waals surface area contributed by atoms with Gasteiger partial charge in [-0.1, -0.05) is 60.3 Å². The molecule has 0 unspecified atom stereocenters. The lowest BCUT2D eigenvalue weighted by Crippen LogP contribution is -2.49. The fourth-order valence-corrected chi connectivity index (χ4v) is 8.19. The Morgan fingerprint density at radius 1 is 0.559 bits per heavy atom. The lowest BCUT2D eigenvalue weighted by Gasteiger charge is -2.33. The number of rotatable bonds is 10. The molecule has 0 saturated carbocycles. The first-order chi connectivity index (χ1) is 28.2. The van der Waals surface area contributed by atoms with Crippen LogP contribution in [0.2, 0.25) is 0 Å². The molecule has 4 N–H and O–H groups in total. The van der Waals surface area contributed by atoms with Crippen LogP contribution in [0.25, 0.3) is 34.4 Å². The van der Waals surface area contributed by atoms with Crippen LogP contribution >= 0.6 is 11.8 Å². The van der Waals surface area contributed by atoms with Crippen molar-refractivity contribution in [3.8, 4) is 22.3 Å². The molecule has 17 heteroatoms. The summed E-state index contributed by atoms with van der Waals surface area (Å²) in [6.07, 6.45) is 5.60. The van der Waals surface area contributed by atoms with Gasteiger partial charge in [0.25, 0.3) is 11.4 Å². The molecule has 4 amide bonds. The zero-order chi connectivity index (χ0) is 42.4. The van der Waals surface area contributed by atoms with Gasteiger partial charge in [0.1, 0.15) is 0 Å². The van der Waals surface area contributed by atoms with Crippen LogP contribution in [0.15, 0.2) is 94.7 Å². The Kier molecular flexibility index (Phi) is 12.7. The third-order valence-electron chi connectivity index (χ3n) is 10.3. The SMILES string of the molecule is CC(=O)N1CCN(C(=O)C=Cc2ccc(Sc3ccc(C=CC(=O)N4CCN(C(C)=O)CC4)c(-c4ccccc4N)c3[N+](=O)[O-])c([N+](=O)[O-])c2-c2ccccc2N)CC1. The number of carbonyl (C=O) groups is 4. The molecule has 4 aromatic rings. The molecule has 0 radical (unpaired) electrons. The van der Waals surface area contributed by atoms with Crippen LogP contribution in [0.3, 0.4) is 0 Å². The highest BCUT2D eigenvalue weighted by Gasteiger charge is 2.31. The molecule has 2 aliphatic rings. The molecule has 16 nitrogen and oxygen atoms in total. The average Bonchev–Trinajstić information content (AvgIpc) is 3.22. The van der Waals surface area contributed by atoms with Crippen LogP contribution in [0.5, 0.6) is 0 Å². The predicted octanol–water partition coefficient (Wildman–Crippen LogP) is 5.56. The van der Waals surface area contributed by atoms with Gasteiger partial charge < -0.3 is 31.1 Å². The number of nitro groups is 2. The smallest absolute Gasteiger partial charge is 0.291 e. The zero-order valence-electron chi connectivity index (χ0n) is 32.4. The van der Waals surface area contributed by atoms with E-state index in [1.54, 1.807) is 80.3 Å². The van der Waals surface area contributed by atoms with Gasteiger partial charge in [0.2, 0.25) is 23.6 Å². The second-order valence-electron chi connectivity index (χ2n) is 13.9. The van der Waals surface area contributed by atoms with E-state index in [-0.39, 0.29) is 67.3 Å². The maximum Gasteiger partial charge on any atom is 0.291 e. The molecule has 4 aromatic carbocycles. The van der Waals surface area contributed by atoms with Crippen LogP contribution in [-0.2, 0) is 19.2 Å². The number of amides is 4.